The molecule has 0 aliphatic carbocycles. The van der Waals surface area contributed by atoms with Crippen molar-refractivity contribution in [2.45, 2.75) is 26.7 Å². The minimum absolute atomic E-state index is 0.0124. The Morgan fingerprint density at radius 1 is 1.16 bits per heavy atom. The van der Waals surface area contributed by atoms with Crippen LogP contribution in [0, 0.1) is 11.3 Å². The Kier molecular flexibility index (Phi) is 6.07. The Hall–Kier alpha value is -2.07. The third-order valence-corrected chi connectivity index (χ3v) is 4.77. The number of amides is 2. The van der Waals surface area contributed by atoms with Crippen LogP contribution in [-0.4, -0.2) is 22.0 Å². The normalized spacial score (nSPS) is 10.4. The van der Waals surface area contributed by atoms with Crippen molar-refractivity contribution in [3.05, 3.63) is 32.8 Å². The summed E-state index contributed by atoms with van der Waals surface area (Å²) in [7, 11) is 0. The van der Waals surface area contributed by atoms with Crippen molar-refractivity contribution >= 4 is 52.4 Å². The number of hydrogen-bond acceptors (Lipinski definition) is 4. The van der Waals surface area contributed by atoms with Gasteiger partial charge in [0.25, 0.3) is 0 Å². The second-order valence-corrected chi connectivity index (χ2v) is 6.12. The molecule has 0 spiro atoms. The molecule has 0 fully saturated rings. The van der Waals surface area contributed by atoms with Crippen molar-refractivity contribution in [2.75, 3.05) is 4.90 Å². The molecule has 1 aromatic heterocycles. The summed E-state index contributed by atoms with van der Waals surface area (Å²) in [5, 5.41) is 16.7. The van der Waals surface area contributed by atoms with E-state index in [4.69, 9.17) is 34.8 Å². The number of aromatic amines is 1. The molecule has 0 atom stereocenters. The fraction of sp³-hybridized carbons (Fsp3) is 0.250. The molecule has 2 rings (SSSR count). The largest absolute Gasteiger partial charge is 0.274 e. The van der Waals surface area contributed by atoms with E-state index in [0.29, 0.717) is 5.56 Å². The highest BCUT2D eigenvalue weighted by atomic mass is 35.5. The molecule has 25 heavy (non-hydrogen) atoms. The molecule has 2 aromatic rings. The quantitative estimate of drug-likeness (QED) is 0.761. The van der Waals surface area contributed by atoms with Gasteiger partial charge in [-0.25, -0.2) is 4.90 Å². The summed E-state index contributed by atoms with van der Waals surface area (Å²) in [6.07, 6.45) is 0.191. The minimum Gasteiger partial charge on any atom is -0.274 e. The lowest BCUT2D eigenvalue weighted by Gasteiger charge is -2.18. The van der Waals surface area contributed by atoms with Crippen LogP contribution in [0.25, 0.3) is 11.3 Å². The van der Waals surface area contributed by atoms with Gasteiger partial charge in [-0.15, -0.1) is 0 Å². The summed E-state index contributed by atoms with van der Waals surface area (Å²) >= 11 is 18.2. The summed E-state index contributed by atoms with van der Waals surface area (Å²) in [5.74, 6) is -0.879. The summed E-state index contributed by atoms with van der Waals surface area (Å²) < 4.78 is 0. The van der Waals surface area contributed by atoms with Crippen LogP contribution >= 0.6 is 34.8 Å². The molecule has 0 saturated heterocycles. The van der Waals surface area contributed by atoms with E-state index >= 15 is 0 Å². The van der Waals surface area contributed by atoms with Gasteiger partial charge < -0.3 is 0 Å². The molecule has 1 N–H and O–H groups in total. The fourth-order valence-electron chi connectivity index (χ4n) is 2.21. The number of nitriles is 1. The lowest BCUT2D eigenvalue weighted by Crippen LogP contribution is -2.36. The van der Waals surface area contributed by atoms with Gasteiger partial charge in [0, 0.05) is 18.4 Å². The number of anilines is 1. The van der Waals surface area contributed by atoms with Crippen LogP contribution in [0.1, 0.15) is 32.3 Å². The first kappa shape index (κ1) is 19.3. The molecule has 9 heteroatoms. The monoisotopic (exact) mass is 398 g/mol. The minimum atomic E-state index is -0.446. The van der Waals surface area contributed by atoms with Crippen LogP contribution in [0.15, 0.2) is 12.1 Å². The van der Waals surface area contributed by atoms with Gasteiger partial charge in [0.15, 0.2) is 5.82 Å². The summed E-state index contributed by atoms with van der Waals surface area (Å²) in [6, 6.07) is 5.05. The third-order valence-electron chi connectivity index (χ3n) is 3.48. The number of rotatable bonds is 4. The number of halogens is 3. The maximum Gasteiger partial charge on any atom is 0.234 e. The number of nitrogens with zero attached hydrogens (tertiary/aromatic N) is 3. The maximum absolute atomic E-state index is 12.2. The first-order chi connectivity index (χ1) is 11.9. The number of hydrogen-bond donors (Lipinski definition) is 1. The van der Waals surface area contributed by atoms with Crippen molar-refractivity contribution in [1.82, 2.24) is 10.2 Å². The molecule has 130 valence electrons. The van der Waals surface area contributed by atoms with E-state index in [0.717, 1.165) is 4.90 Å². The molecule has 1 heterocycles. The van der Waals surface area contributed by atoms with Gasteiger partial charge >= 0.3 is 0 Å². The standard InChI is InChI=1S/C16H13Cl3N4O2/c1-3-11(24)23(12(25)4-2)16-9(7-20)15(21-22-16)8-5-6-10(17)14(19)13(8)18/h5-6H,3-4H2,1-2H3,(H,21,22). The smallest absolute Gasteiger partial charge is 0.234 e. The fourth-order valence-corrected chi connectivity index (χ4v) is 2.83. The van der Waals surface area contributed by atoms with E-state index < -0.39 is 11.8 Å². The van der Waals surface area contributed by atoms with Crippen molar-refractivity contribution in [1.29, 1.82) is 5.26 Å². The number of imide groups is 1. The van der Waals surface area contributed by atoms with Gasteiger partial charge in [-0.3, -0.25) is 14.7 Å². The first-order valence-electron chi connectivity index (χ1n) is 7.35. The Balaban J connectivity index is 2.67. The van der Waals surface area contributed by atoms with Crippen LogP contribution in [0.4, 0.5) is 5.82 Å². The van der Waals surface area contributed by atoms with E-state index in [1.165, 1.54) is 6.07 Å². The van der Waals surface area contributed by atoms with Crippen LogP contribution < -0.4 is 4.90 Å². The second-order valence-electron chi connectivity index (χ2n) is 4.96. The van der Waals surface area contributed by atoms with Crippen molar-refractivity contribution in [3.8, 4) is 17.3 Å². The summed E-state index contributed by atoms with van der Waals surface area (Å²) in [5.41, 5.74) is 0.561. The lowest BCUT2D eigenvalue weighted by atomic mass is 10.1. The van der Waals surface area contributed by atoms with Crippen LogP contribution in [-0.2, 0) is 9.59 Å². The molecule has 6 nitrogen and oxygen atoms in total. The maximum atomic E-state index is 12.2. The van der Waals surface area contributed by atoms with Crippen molar-refractivity contribution < 1.29 is 9.59 Å². The highest BCUT2D eigenvalue weighted by Gasteiger charge is 2.28. The SMILES string of the molecule is CCC(=O)N(C(=O)CC)c1[nH]nc(-c2ccc(Cl)c(Cl)c2Cl)c1C#N. The number of nitrogens with one attached hydrogen (secondary N) is 1. The molecule has 0 aliphatic rings. The Morgan fingerprint density at radius 2 is 1.76 bits per heavy atom. The Labute approximate surface area is 159 Å². The molecule has 0 bridgehead atoms. The van der Waals surface area contributed by atoms with Gasteiger partial charge in [0.05, 0.1) is 15.1 Å². The molecule has 1 aromatic carbocycles. The number of aromatic nitrogens is 2. The highest BCUT2D eigenvalue weighted by molar-refractivity contribution is 6.49. The summed E-state index contributed by atoms with van der Waals surface area (Å²) in [6.45, 7) is 3.24. The van der Waals surface area contributed by atoms with E-state index in [-0.39, 0.29) is 45.0 Å². The zero-order chi connectivity index (χ0) is 18.7. The number of benzene rings is 1. The molecule has 0 radical (unpaired) electrons. The van der Waals surface area contributed by atoms with E-state index in [9.17, 15) is 14.9 Å². The predicted octanol–water partition coefficient (Wildman–Crippen LogP) is 4.59. The third kappa shape index (κ3) is 3.49. The molecular weight excluding hydrogens is 387 g/mol. The van der Waals surface area contributed by atoms with Gasteiger partial charge in [0.1, 0.15) is 17.3 Å². The average Bonchev–Trinajstić information content (AvgIpc) is 3.02. The molecule has 0 aliphatic heterocycles. The van der Waals surface area contributed by atoms with Gasteiger partial charge in [-0.1, -0.05) is 48.7 Å². The van der Waals surface area contributed by atoms with E-state index in [1.54, 1.807) is 19.9 Å². The summed E-state index contributed by atoms with van der Waals surface area (Å²) in [4.78, 5) is 25.3. The topological polar surface area (TPSA) is 89.8 Å². The lowest BCUT2D eigenvalue weighted by molar-refractivity contribution is -0.126. The van der Waals surface area contributed by atoms with Crippen LogP contribution in [0.5, 0.6) is 0 Å². The van der Waals surface area contributed by atoms with Gasteiger partial charge in [0.2, 0.25) is 11.8 Å². The number of carbonyl (C=O) groups excluding carboxylic acids is 2. The van der Waals surface area contributed by atoms with Crippen LogP contribution in [0.3, 0.4) is 0 Å². The number of H-pyrrole nitrogens is 1. The molecule has 2 amide bonds. The van der Waals surface area contributed by atoms with Gasteiger partial charge in [-0.2, -0.15) is 10.4 Å². The molecule has 0 unspecified atom stereocenters. The first-order valence-corrected chi connectivity index (χ1v) is 8.48. The highest BCUT2D eigenvalue weighted by Crippen LogP contribution is 2.40. The number of carbonyl (C=O) groups is 2. The zero-order valence-corrected chi connectivity index (χ0v) is 15.6. The van der Waals surface area contributed by atoms with E-state index in [2.05, 4.69) is 10.2 Å². The van der Waals surface area contributed by atoms with Crippen LogP contribution in [0.2, 0.25) is 15.1 Å². The molecular formula is C16H13Cl3N4O2. The Morgan fingerprint density at radius 3 is 2.28 bits per heavy atom. The molecule has 0 saturated carbocycles. The average molecular weight is 400 g/mol. The van der Waals surface area contributed by atoms with Crippen molar-refractivity contribution in [2.24, 2.45) is 0 Å². The Bertz CT molecular complexity index is 870. The second kappa shape index (κ2) is 7.87. The van der Waals surface area contributed by atoms with E-state index in [1.807, 2.05) is 6.07 Å². The van der Waals surface area contributed by atoms with Crippen molar-refractivity contribution in [3.63, 3.8) is 0 Å². The zero-order valence-electron chi connectivity index (χ0n) is 13.4. The predicted molar refractivity (Wildman–Crippen MR) is 96.8 cm³/mol. The van der Waals surface area contributed by atoms with Gasteiger partial charge in [-0.05, 0) is 12.1 Å².